The van der Waals surface area contributed by atoms with E-state index in [4.69, 9.17) is 5.73 Å². The summed E-state index contributed by atoms with van der Waals surface area (Å²) >= 11 is 0. The van der Waals surface area contributed by atoms with E-state index in [1.807, 2.05) is 43.1 Å². The second kappa shape index (κ2) is 8.89. The number of benzene rings is 1. The van der Waals surface area contributed by atoms with Gasteiger partial charge in [-0.25, -0.2) is 0 Å². The molecule has 9 nitrogen and oxygen atoms in total. The molecule has 1 saturated carbocycles. The third-order valence-electron chi connectivity index (χ3n) is 5.53. The van der Waals surface area contributed by atoms with Crippen molar-refractivity contribution < 1.29 is 9.59 Å². The summed E-state index contributed by atoms with van der Waals surface area (Å²) in [6.45, 7) is 7.56. The van der Waals surface area contributed by atoms with Gasteiger partial charge in [-0.3, -0.25) is 9.59 Å². The van der Waals surface area contributed by atoms with Crippen molar-refractivity contribution in [2.24, 2.45) is 11.7 Å². The molecule has 1 heterocycles. The maximum absolute atomic E-state index is 11.8. The second-order valence-electron chi connectivity index (χ2n) is 7.60. The molecule has 30 heavy (non-hydrogen) atoms. The maximum atomic E-state index is 11.8. The number of anilines is 3. The van der Waals surface area contributed by atoms with Crippen LogP contribution >= 0.6 is 0 Å². The molecule has 1 aliphatic carbocycles. The van der Waals surface area contributed by atoms with Crippen molar-refractivity contribution in [3.63, 3.8) is 0 Å². The highest BCUT2D eigenvalue weighted by Crippen LogP contribution is 2.31. The number of carbonyl (C=O) groups excluding carboxylic acids is 2. The molecule has 2 aromatic rings. The highest BCUT2D eigenvalue weighted by Gasteiger charge is 2.37. The molecule has 0 aliphatic heterocycles. The zero-order valence-electron chi connectivity index (χ0n) is 17.4. The van der Waals surface area contributed by atoms with E-state index in [0.29, 0.717) is 5.95 Å². The largest absolute Gasteiger partial charge is 0.364 e. The zero-order chi connectivity index (χ0) is 21.8. The lowest BCUT2D eigenvalue weighted by atomic mass is 10.0. The van der Waals surface area contributed by atoms with Crippen molar-refractivity contribution in [2.45, 2.75) is 38.8 Å². The first-order valence-electron chi connectivity index (χ1n) is 9.84. The molecule has 0 spiro atoms. The van der Waals surface area contributed by atoms with E-state index < -0.39 is 5.91 Å². The Labute approximate surface area is 175 Å². The molecule has 0 radical (unpaired) electrons. The van der Waals surface area contributed by atoms with Gasteiger partial charge in [0, 0.05) is 24.8 Å². The van der Waals surface area contributed by atoms with Gasteiger partial charge in [-0.15, -0.1) is 10.2 Å². The molecule has 158 valence electrons. The topological polar surface area (TPSA) is 126 Å². The van der Waals surface area contributed by atoms with Gasteiger partial charge in [0.1, 0.15) is 0 Å². The number of primary amides is 1. The van der Waals surface area contributed by atoms with Crippen LogP contribution in [0.25, 0.3) is 0 Å². The van der Waals surface area contributed by atoms with E-state index in [0.717, 1.165) is 24.1 Å². The first-order chi connectivity index (χ1) is 14.3. The van der Waals surface area contributed by atoms with Crippen LogP contribution in [0.2, 0.25) is 0 Å². The van der Waals surface area contributed by atoms with Gasteiger partial charge in [-0.2, -0.15) is 4.98 Å². The second-order valence-corrected chi connectivity index (χ2v) is 7.60. The van der Waals surface area contributed by atoms with Gasteiger partial charge in [-0.1, -0.05) is 25.6 Å². The summed E-state index contributed by atoms with van der Waals surface area (Å²) in [5, 5.41) is 14.2. The number of nitrogens with two attached hydrogens (primary N) is 1. The monoisotopic (exact) mass is 409 g/mol. The number of nitrogens with zero attached hydrogens (tertiary/aromatic N) is 4. The number of rotatable bonds is 7. The molecule has 2 amide bonds. The number of nitrogens with one attached hydrogen (secondary N) is 2. The molecule has 3 atom stereocenters. The molecule has 4 N–H and O–H groups in total. The Balaban J connectivity index is 1.84. The Morgan fingerprint density at radius 1 is 1.30 bits per heavy atom. The smallest absolute Gasteiger partial charge is 0.273 e. The zero-order valence-corrected chi connectivity index (χ0v) is 17.4. The Morgan fingerprint density at radius 2 is 2.07 bits per heavy atom. The maximum Gasteiger partial charge on any atom is 0.273 e. The van der Waals surface area contributed by atoms with Crippen molar-refractivity contribution in [3.8, 4) is 0 Å². The minimum Gasteiger partial charge on any atom is -0.364 e. The van der Waals surface area contributed by atoms with Gasteiger partial charge >= 0.3 is 0 Å². The Kier molecular flexibility index (Phi) is 6.29. The molecule has 1 aromatic carbocycles. The molecule has 0 saturated heterocycles. The van der Waals surface area contributed by atoms with Gasteiger partial charge < -0.3 is 21.3 Å². The molecule has 1 aromatic heterocycles. The van der Waals surface area contributed by atoms with Gasteiger partial charge in [0.15, 0.2) is 11.5 Å². The lowest BCUT2D eigenvalue weighted by molar-refractivity contribution is -0.117. The third-order valence-corrected chi connectivity index (χ3v) is 5.53. The Hall–Kier alpha value is -3.49. The molecular formula is C21H27N7O2. The summed E-state index contributed by atoms with van der Waals surface area (Å²) in [5.41, 5.74) is 7.27. The minimum absolute atomic E-state index is 0.0238. The summed E-state index contributed by atoms with van der Waals surface area (Å²) in [4.78, 5) is 30.0. The van der Waals surface area contributed by atoms with Crippen molar-refractivity contribution in [1.29, 1.82) is 0 Å². The van der Waals surface area contributed by atoms with E-state index >= 15 is 0 Å². The first kappa shape index (κ1) is 21.2. The summed E-state index contributed by atoms with van der Waals surface area (Å²) in [7, 11) is 1.89. The van der Waals surface area contributed by atoms with Crippen LogP contribution in [-0.4, -0.2) is 46.1 Å². The summed E-state index contributed by atoms with van der Waals surface area (Å²) in [6, 6.07) is 7.83. The van der Waals surface area contributed by atoms with Gasteiger partial charge in [0.25, 0.3) is 5.91 Å². The molecule has 9 heteroatoms. The van der Waals surface area contributed by atoms with Crippen molar-refractivity contribution >= 4 is 29.3 Å². The highest BCUT2D eigenvalue weighted by molar-refractivity contribution is 5.96. The van der Waals surface area contributed by atoms with Crippen LogP contribution in [0, 0.1) is 12.8 Å². The fourth-order valence-electron chi connectivity index (χ4n) is 3.86. The molecule has 0 bridgehead atoms. The van der Waals surface area contributed by atoms with Crippen LogP contribution in [0.15, 0.2) is 36.9 Å². The van der Waals surface area contributed by atoms with Crippen molar-refractivity contribution in [2.75, 3.05) is 17.3 Å². The standard InChI is InChI=1S/C21H27N7O2/c1-5-17(29)24-15-9-10-16(13(15)3)28(4)21-25-20(18(19(22)30)26-27-21)23-14-8-6-7-12(2)11-14/h5-8,11,13,15-16H,1,9-10H2,2-4H3,(H2,22,30)(H,24,29)(H,23,25,27)/t13-,15?,16+/m0/s1. The van der Waals surface area contributed by atoms with Crippen LogP contribution in [0.5, 0.6) is 0 Å². The SMILES string of the molecule is C=CC(=O)NC1CC[C@@H](N(C)c2nnc(C(N)=O)c(Nc3cccc(C)c3)n2)[C@H]1C. The number of aromatic nitrogens is 3. The average Bonchev–Trinajstić information content (AvgIpc) is 3.07. The molecular weight excluding hydrogens is 382 g/mol. The number of hydrogen-bond donors (Lipinski definition) is 3. The minimum atomic E-state index is -0.708. The van der Waals surface area contributed by atoms with E-state index in [1.54, 1.807) is 0 Å². The van der Waals surface area contributed by atoms with Crippen LogP contribution in [0.1, 0.15) is 35.8 Å². The summed E-state index contributed by atoms with van der Waals surface area (Å²) in [6.07, 6.45) is 2.99. The van der Waals surface area contributed by atoms with E-state index in [2.05, 4.69) is 39.3 Å². The normalized spacial score (nSPS) is 20.4. The quantitative estimate of drug-likeness (QED) is 0.597. The van der Waals surface area contributed by atoms with Crippen LogP contribution in [-0.2, 0) is 4.79 Å². The molecule has 1 unspecified atom stereocenters. The van der Waals surface area contributed by atoms with Gasteiger partial charge in [0.05, 0.1) is 0 Å². The highest BCUT2D eigenvalue weighted by atomic mass is 16.2. The summed E-state index contributed by atoms with van der Waals surface area (Å²) in [5.74, 6) is -0.0781. The fourth-order valence-corrected chi connectivity index (χ4v) is 3.86. The Morgan fingerprint density at radius 3 is 2.73 bits per heavy atom. The van der Waals surface area contributed by atoms with Gasteiger partial charge in [-0.05, 0) is 49.5 Å². The number of amides is 2. The van der Waals surface area contributed by atoms with Crippen molar-refractivity contribution in [1.82, 2.24) is 20.5 Å². The van der Waals surface area contributed by atoms with E-state index in [-0.39, 0.29) is 35.4 Å². The first-order valence-corrected chi connectivity index (χ1v) is 9.84. The predicted octanol–water partition coefficient (Wildman–Crippen LogP) is 1.93. The molecule has 1 aliphatic rings. The van der Waals surface area contributed by atoms with Crippen molar-refractivity contribution in [3.05, 3.63) is 48.2 Å². The van der Waals surface area contributed by atoms with Crippen LogP contribution in [0.3, 0.4) is 0 Å². The van der Waals surface area contributed by atoms with Crippen LogP contribution < -0.4 is 21.3 Å². The summed E-state index contributed by atoms with van der Waals surface area (Å²) < 4.78 is 0. The Bertz CT molecular complexity index is 962. The molecule has 1 fully saturated rings. The number of carbonyl (C=O) groups is 2. The lowest BCUT2D eigenvalue weighted by Gasteiger charge is -2.29. The average molecular weight is 409 g/mol. The predicted molar refractivity (Wildman–Crippen MR) is 116 cm³/mol. The van der Waals surface area contributed by atoms with E-state index in [9.17, 15) is 9.59 Å². The van der Waals surface area contributed by atoms with E-state index in [1.165, 1.54) is 6.08 Å². The van der Waals surface area contributed by atoms with Gasteiger partial charge in [0.2, 0.25) is 11.9 Å². The molecule has 3 rings (SSSR count). The third kappa shape index (κ3) is 4.56. The fraction of sp³-hybridized carbons (Fsp3) is 0.381. The van der Waals surface area contributed by atoms with Crippen LogP contribution in [0.4, 0.5) is 17.5 Å². The lowest BCUT2D eigenvalue weighted by Crippen LogP contribution is -2.42. The number of aryl methyl sites for hydroxylation is 1. The number of hydrogen-bond acceptors (Lipinski definition) is 7.